The van der Waals surface area contributed by atoms with Crippen LogP contribution in [-0.2, 0) is 12.8 Å². The summed E-state index contributed by atoms with van der Waals surface area (Å²) in [6, 6.07) is 17.3. The molecule has 3 aromatic rings. The second-order valence-corrected chi connectivity index (χ2v) is 10.3. The van der Waals surface area contributed by atoms with Gasteiger partial charge in [0, 0.05) is 17.2 Å². The summed E-state index contributed by atoms with van der Waals surface area (Å²) in [6.45, 7) is 2.03. The van der Waals surface area contributed by atoms with Crippen molar-refractivity contribution in [1.29, 1.82) is 0 Å². The Morgan fingerprint density at radius 3 is 2.46 bits per heavy atom. The van der Waals surface area contributed by atoms with Gasteiger partial charge in [-0.3, -0.25) is 9.48 Å². The maximum Gasteiger partial charge on any atom is 0.272 e. The molecule has 0 spiro atoms. The van der Waals surface area contributed by atoms with E-state index in [-0.39, 0.29) is 17.8 Å². The number of halogens is 1. The monoisotopic (exact) mass is 473 g/mol. The van der Waals surface area contributed by atoms with Gasteiger partial charge >= 0.3 is 0 Å². The molecule has 2 atom stereocenters. The number of fused-ring (bicyclic) bond motifs is 1. The summed E-state index contributed by atoms with van der Waals surface area (Å²) in [5, 5.41) is 8.27. The zero-order valence-electron chi connectivity index (χ0n) is 20.7. The Kier molecular flexibility index (Phi) is 7.31. The zero-order valence-corrected chi connectivity index (χ0v) is 20.7. The van der Waals surface area contributed by atoms with Gasteiger partial charge in [-0.15, -0.1) is 0 Å². The van der Waals surface area contributed by atoms with Crippen LogP contribution in [0.25, 0.3) is 0 Å². The Hall–Kier alpha value is -2.95. The number of aromatic nitrogens is 2. The molecule has 4 nitrogen and oxygen atoms in total. The van der Waals surface area contributed by atoms with Gasteiger partial charge in [-0.05, 0) is 68.7 Å². The Morgan fingerprint density at radius 2 is 1.71 bits per heavy atom. The third kappa shape index (κ3) is 5.34. The first kappa shape index (κ1) is 23.8. The standard InChI is InChI=1S/C30H36FN3O/c1-21(23-10-4-2-5-11-23)32-30(35)28-27-15-9-8-12-24(20-22-16-18-25(31)19-17-22)29(27)34(33-28)26-13-6-3-7-14-26/h2,4-5,10-11,16-19,21,24,26H,3,6-9,12-15,20H2,1H3,(H,32,35)/t21-,24?/m0/s1. The third-order valence-electron chi connectivity index (χ3n) is 7.84. The third-order valence-corrected chi connectivity index (χ3v) is 7.84. The molecule has 1 saturated carbocycles. The number of amides is 1. The Morgan fingerprint density at radius 1 is 1.00 bits per heavy atom. The van der Waals surface area contributed by atoms with Crippen molar-refractivity contribution in [1.82, 2.24) is 15.1 Å². The summed E-state index contributed by atoms with van der Waals surface area (Å²) in [5.41, 5.74) is 5.24. The second-order valence-electron chi connectivity index (χ2n) is 10.3. The maximum absolute atomic E-state index is 13.6. The van der Waals surface area contributed by atoms with Gasteiger partial charge in [0.25, 0.3) is 5.91 Å². The Bertz CT molecular complexity index is 1130. The van der Waals surface area contributed by atoms with Crippen LogP contribution in [0, 0.1) is 5.82 Å². The van der Waals surface area contributed by atoms with E-state index in [1.807, 2.05) is 49.4 Å². The molecule has 184 valence electrons. The quantitative estimate of drug-likeness (QED) is 0.389. The molecule has 0 radical (unpaired) electrons. The minimum absolute atomic E-state index is 0.0744. The van der Waals surface area contributed by atoms with Crippen molar-refractivity contribution in [3.63, 3.8) is 0 Å². The van der Waals surface area contributed by atoms with Crippen LogP contribution < -0.4 is 5.32 Å². The molecule has 5 rings (SSSR count). The van der Waals surface area contributed by atoms with Gasteiger partial charge in [0.15, 0.2) is 5.69 Å². The first-order valence-electron chi connectivity index (χ1n) is 13.3. The predicted octanol–water partition coefficient (Wildman–Crippen LogP) is 7.07. The second kappa shape index (κ2) is 10.8. The van der Waals surface area contributed by atoms with E-state index < -0.39 is 0 Å². The number of rotatable bonds is 6. The number of hydrogen-bond donors (Lipinski definition) is 1. The summed E-state index contributed by atoms with van der Waals surface area (Å²) < 4.78 is 15.8. The van der Waals surface area contributed by atoms with E-state index in [1.165, 1.54) is 25.0 Å². The van der Waals surface area contributed by atoms with E-state index >= 15 is 0 Å². The Balaban J connectivity index is 1.50. The lowest BCUT2D eigenvalue weighted by Gasteiger charge is -2.27. The molecule has 1 aromatic heterocycles. The summed E-state index contributed by atoms with van der Waals surface area (Å²) >= 11 is 0. The number of hydrogen-bond acceptors (Lipinski definition) is 2. The minimum atomic E-state index is -0.200. The van der Waals surface area contributed by atoms with Crippen LogP contribution in [0.15, 0.2) is 54.6 Å². The molecule has 2 aliphatic carbocycles. The topological polar surface area (TPSA) is 46.9 Å². The molecule has 1 amide bonds. The largest absolute Gasteiger partial charge is 0.344 e. The van der Waals surface area contributed by atoms with E-state index in [2.05, 4.69) is 10.00 Å². The lowest BCUT2D eigenvalue weighted by atomic mass is 9.89. The van der Waals surface area contributed by atoms with Gasteiger partial charge < -0.3 is 5.32 Å². The molecule has 35 heavy (non-hydrogen) atoms. The summed E-state index contributed by atoms with van der Waals surface area (Å²) in [4.78, 5) is 13.6. The van der Waals surface area contributed by atoms with Crippen molar-refractivity contribution in [2.24, 2.45) is 0 Å². The molecule has 0 aliphatic heterocycles. The highest BCUT2D eigenvalue weighted by Crippen LogP contribution is 2.39. The van der Waals surface area contributed by atoms with Crippen LogP contribution in [0.5, 0.6) is 0 Å². The molecule has 1 N–H and O–H groups in total. The SMILES string of the molecule is C[C@H](NC(=O)c1nn(C2CCCCC2)c2c1CCCCC2Cc1ccc(F)cc1)c1ccccc1. The van der Waals surface area contributed by atoms with E-state index in [0.29, 0.717) is 17.7 Å². The number of carbonyl (C=O) groups excluding carboxylic acids is 1. The number of nitrogens with zero attached hydrogens (tertiary/aromatic N) is 2. The van der Waals surface area contributed by atoms with Gasteiger partial charge in [-0.1, -0.05) is 68.1 Å². The van der Waals surface area contributed by atoms with Crippen LogP contribution in [0.3, 0.4) is 0 Å². The molecule has 2 aromatic carbocycles. The molecular weight excluding hydrogens is 437 g/mol. The van der Waals surface area contributed by atoms with Crippen molar-refractivity contribution < 1.29 is 9.18 Å². The summed E-state index contributed by atoms with van der Waals surface area (Å²) in [6.07, 6.45) is 11.0. The lowest BCUT2D eigenvalue weighted by Crippen LogP contribution is -2.28. The molecule has 2 aliphatic rings. The fraction of sp³-hybridized carbons (Fsp3) is 0.467. The number of nitrogens with one attached hydrogen (secondary N) is 1. The molecule has 1 unspecified atom stereocenters. The zero-order chi connectivity index (χ0) is 24.2. The van der Waals surface area contributed by atoms with Crippen molar-refractivity contribution in [3.8, 4) is 0 Å². The summed E-state index contributed by atoms with van der Waals surface area (Å²) in [7, 11) is 0. The summed E-state index contributed by atoms with van der Waals surface area (Å²) in [5.74, 6) is 0.0177. The van der Waals surface area contributed by atoms with Crippen molar-refractivity contribution >= 4 is 5.91 Å². The van der Waals surface area contributed by atoms with E-state index in [4.69, 9.17) is 5.10 Å². The number of carbonyl (C=O) groups is 1. The van der Waals surface area contributed by atoms with E-state index in [9.17, 15) is 9.18 Å². The minimum Gasteiger partial charge on any atom is -0.344 e. The van der Waals surface area contributed by atoms with E-state index in [1.54, 1.807) is 12.1 Å². The fourth-order valence-electron chi connectivity index (χ4n) is 5.97. The highest BCUT2D eigenvalue weighted by Gasteiger charge is 2.33. The molecule has 0 bridgehead atoms. The highest BCUT2D eigenvalue weighted by atomic mass is 19.1. The molecule has 1 heterocycles. The van der Waals surface area contributed by atoms with Crippen LogP contribution in [0.2, 0.25) is 0 Å². The van der Waals surface area contributed by atoms with E-state index in [0.717, 1.165) is 61.6 Å². The molecule has 0 saturated heterocycles. The first-order chi connectivity index (χ1) is 17.1. The maximum atomic E-state index is 13.6. The molecular formula is C30H36FN3O. The van der Waals surface area contributed by atoms with Crippen LogP contribution in [0.1, 0.15) is 109 Å². The van der Waals surface area contributed by atoms with Crippen LogP contribution >= 0.6 is 0 Å². The van der Waals surface area contributed by atoms with Gasteiger partial charge in [0.2, 0.25) is 0 Å². The highest BCUT2D eigenvalue weighted by molar-refractivity contribution is 5.94. The number of benzene rings is 2. The molecule has 1 fully saturated rings. The average molecular weight is 474 g/mol. The Labute approximate surface area is 207 Å². The fourth-order valence-corrected chi connectivity index (χ4v) is 5.97. The predicted molar refractivity (Wildman–Crippen MR) is 137 cm³/mol. The van der Waals surface area contributed by atoms with Crippen molar-refractivity contribution in [2.45, 2.75) is 89.1 Å². The smallest absolute Gasteiger partial charge is 0.272 e. The average Bonchev–Trinajstić information content (AvgIpc) is 3.16. The van der Waals surface area contributed by atoms with Crippen molar-refractivity contribution in [2.75, 3.05) is 0 Å². The van der Waals surface area contributed by atoms with Gasteiger partial charge in [-0.25, -0.2) is 4.39 Å². The van der Waals surface area contributed by atoms with Crippen LogP contribution in [0.4, 0.5) is 4.39 Å². The van der Waals surface area contributed by atoms with Gasteiger partial charge in [0.1, 0.15) is 5.82 Å². The van der Waals surface area contributed by atoms with Crippen LogP contribution in [-0.4, -0.2) is 15.7 Å². The van der Waals surface area contributed by atoms with Gasteiger partial charge in [0.05, 0.1) is 12.1 Å². The van der Waals surface area contributed by atoms with Crippen molar-refractivity contribution in [3.05, 3.63) is 88.5 Å². The molecule has 5 heteroatoms. The first-order valence-corrected chi connectivity index (χ1v) is 13.3. The van der Waals surface area contributed by atoms with Gasteiger partial charge in [-0.2, -0.15) is 5.10 Å². The normalized spacial score (nSPS) is 19.5. The lowest BCUT2D eigenvalue weighted by molar-refractivity contribution is 0.0932.